The van der Waals surface area contributed by atoms with E-state index in [9.17, 15) is 9.59 Å². The van der Waals surface area contributed by atoms with Gasteiger partial charge in [0.15, 0.2) is 5.43 Å². The summed E-state index contributed by atoms with van der Waals surface area (Å²) in [6.45, 7) is 4.02. The first kappa shape index (κ1) is 20.1. The predicted molar refractivity (Wildman–Crippen MR) is 123 cm³/mol. The predicted octanol–water partition coefficient (Wildman–Crippen LogP) is 4.66. The van der Waals surface area contributed by atoms with Crippen LogP contribution in [0, 0.1) is 0 Å². The molecule has 3 heterocycles. The van der Waals surface area contributed by atoms with E-state index in [0.717, 1.165) is 4.47 Å². The van der Waals surface area contributed by atoms with Crippen LogP contribution in [0.3, 0.4) is 0 Å². The molecule has 1 aliphatic rings. The maximum Gasteiger partial charge on any atom is 0.297 e. The average molecular weight is 490 g/mol. The summed E-state index contributed by atoms with van der Waals surface area (Å²) >= 11 is 3.40. The van der Waals surface area contributed by atoms with Crippen LogP contribution >= 0.6 is 15.9 Å². The molecule has 8 heteroatoms. The molecular weight excluding hydrogens is 474 g/mol. The maximum atomic E-state index is 13.6. The molecule has 0 bridgehead atoms. The van der Waals surface area contributed by atoms with Gasteiger partial charge in [-0.05, 0) is 42.0 Å². The number of rotatable bonds is 5. The summed E-state index contributed by atoms with van der Waals surface area (Å²) in [5.41, 5.74) is 1.03. The Balaban J connectivity index is 1.73. The summed E-state index contributed by atoms with van der Waals surface area (Å²) in [6, 6.07) is 13.2. The van der Waals surface area contributed by atoms with Gasteiger partial charge < -0.3 is 9.15 Å². The van der Waals surface area contributed by atoms with E-state index >= 15 is 0 Å². The van der Waals surface area contributed by atoms with Gasteiger partial charge in [0, 0.05) is 16.9 Å². The zero-order valence-corrected chi connectivity index (χ0v) is 18.3. The number of fused-ring (bicyclic) bond motifs is 2. The Kier molecular flexibility index (Phi) is 5.07. The first-order valence-corrected chi connectivity index (χ1v) is 10.6. The molecule has 0 saturated carbocycles. The number of aromatic nitrogens is 2. The lowest BCUT2D eigenvalue weighted by molar-refractivity contribution is 0.0969. The van der Waals surface area contributed by atoms with E-state index in [-0.39, 0.29) is 22.7 Å². The number of carbonyl (C=O) groups excluding carboxylic acids is 1. The minimum Gasteiger partial charge on any atom is -0.490 e. The van der Waals surface area contributed by atoms with Gasteiger partial charge in [-0.15, -0.1) is 0 Å². The van der Waals surface area contributed by atoms with Crippen molar-refractivity contribution in [1.82, 2.24) is 9.97 Å². The normalized spacial score (nSPS) is 15.1. The third kappa shape index (κ3) is 3.29. The molecule has 5 rings (SSSR count). The molecule has 32 heavy (non-hydrogen) atoms. The van der Waals surface area contributed by atoms with Crippen molar-refractivity contribution in [1.29, 1.82) is 0 Å². The number of halogens is 1. The molecule has 1 unspecified atom stereocenters. The highest BCUT2D eigenvalue weighted by molar-refractivity contribution is 9.10. The van der Waals surface area contributed by atoms with E-state index in [1.165, 1.54) is 4.90 Å². The lowest BCUT2D eigenvalue weighted by Gasteiger charge is -2.23. The molecule has 0 radical (unpaired) electrons. The Morgan fingerprint density at radius 1 is 1.12 bits per heavy atom. The van der Waals surface area contributed by atoms with Crippen LogP contribution in [0.15, 0.2) is 87.3 Å². The van der Waals surface area contributed by atoms with Gasteiger partial charge in [0.2, 0.25) is 11.7 Å². The molecule has 0 aliphatic carbocycles. The molecule has 1 aliphatic heterocycles. The molecule has 4 aromatic rings. The number of amides is 1. The molecule has 0 fully saturated rings. The van der Waals surface area contributed by atoms with E-state index in [2.05, 4.69) is 32.5 Å². The number of benzene rings is 2. The molecule has 2 aromatic heterocycles. The van der Waals surface area contributed by atoms with Crippen molar-refractivity contribution in [3.8, 4) is 5.75 Å². The standard InChI is InChI=1S/C24H16BrN3O4/c1-2-12-31-16-7-4-14(5-8-16)20-19-21(29)17-13-15(25)6-9-18(17)32-22(19)23(30)28(20)24-26-10-3-11-27-24/h2-11,13,20H,1,12H2. The molecule has 0 spiro atoms. The van der Waals surface area contributed by atoms with Gasteiger partial charge in [-0.2, -0.15) is 0 Å². The molecular formula is C24H16BrN3O4. The highest BCUT2D eigenvalue weighted by atomic mass is 79.9. The van der Waals surface area contributed by atoms with Crippen molar-refractivity contribution in [3.05, 3.63) is 105 Å². The van der Waals surface area contributed by atoms with Gasteiger partial charge in [0.05, 0.1) is 17.0 Å². The van der Waals surface area contributed by atoms with Gasteiger partial charge in [0.25, 0.3) is 5.91 Å². The number of anilines is 1. The largest absolute Gasteiger partial charge is 0.490 e. The number of ether oxygens (including phenoxy) is 1. The van der Waals surface area contributed by atoms with Crippen LogP contribution in [0.1, 0.15) is 27.7 Å². The van der Waals surface area contributed by atoms with Gasteiger partial charge in [-0.25, -0.2) is 9.97 Å². The second-order valence-corrected chi connectivity index (χ2v) is 8.03. The fourth-order valence-corrected chi connectivity index (χ4v) is 4.14. The summed E-state index contributed by atoms with van der Waals surface area (Å²) in [4.78, 5) is 36.9. The summed E-state index contributed by atoms with van der Waals surface area (Å²) in [6.07, 6.45) is 4.75. The molecule has 0 N–H and O–H groups in total. The van der Waals surface area contributed by atoms with Crippen molar-refractivity contribution >= 4 is 38.8 Å². The Hall–Kier alpha value is -3.78. The second-order valence-electron chi connectivity index (χ2n) is 7.11. The van der Waals surface area contributed by atoms with Crippen LogP contribution in [0.25, 0.3) is 11.0 Å². The molecule has 1 amide bonds. The van der Waals surface area contributed by atoms with Crippen molar-refractivity contribution in [2.24, 2.45) is 0 Å². The fourth-order valence-electron chi connectivity index (χ4n) is 3.78. The van der Waals surface area contributed by atoms with Crippen LogP contribution in [0.2, 0.25) is 0 Å². The third-order valence-corrected chi connectivity index (χ3v) is 5.66. The first-order chi connectivity index (χ1) is 15.6. The topological polar surface area (TPSA) is 85.5 Å². The summed E-state index contributed by atoms with van der Waals surface area (Å²) in [5, 5.41) is 0.387. The van der Waals surface area contributed by atoms with Crippen LogP contribution in [0.5, 0.6) is 5.75 Å². The minimum atomic E-state index is -0.743. The fraction of sp³-hybridized carbons (Fsp3) is 0.0833. The Bertz CT molecular complexity index is 1400. The average Bonchev–Trinajstić information content (AvgIpc) is 3.11. The Labute approximate surface area is 191 Å². The summed E-state index contributed by atoms with van der Waals surface area (Å²) < 4.78 is 12.2. The third-order valence-electron chi connectivity index (χ3n) is 5.16. The number of nitrogens with zero attached hydrogens (tertiary/aromatic N) is 3. The van der Waals surface area contributed by atoms with Crippen molar-refractivity contribution in [2.75, 3.05) is 11.5 Å². The molecule has 2 aromatic carbocycles. The van der Waals surface area contributed by atoms with Gasteiger partial charge in [-0.3, -0.25) is 14.5 Å². The van der Waals surface area contributed by atoms with Crippen LogP contribution < -0.4 is 15.1 Å². The Morgan fingerprint density at radius 3 is 2.59 bits per heavy atom. The number of hydrogen-bond donors (Lipinski definition) is 0. The zero-order chi connectivity index (χ0) is 22.2. The van der Waals surface area contributed by atoms with E-state index in [1.807, 2.05) is 12.1 Å². The van der Waals surface area contributed by atoms with Crippen LogP contribution in [-0.4, -0.2) is 22.5 Å². The molecule has 1 atom stereocenters. The highest BCUT2D eigenvalue weighted by Gasteiger charge is 2.44. The smallest absolute Gasteiger partial charge is 0.297 e. The van der Waals surface area contributed by atoms with Crippen molar-refractivity contribution in [2.45, 2.75) is 6.04 Å². The zero-order valence-electron chi connectivity index (χ0n) is 16.7. The molecule has 0 saturated heterocycles. The minimum absolute atomic E-state index is 0.00532. The molecule has 7 nitrogen and oxygen atoms in total. The van der Waals surface area contributed by atoms with Gasteiger partial charge in [0.1, 0.15) is 17.9 Å². The SMILES string of the molecule is C=CCOc1ccc(C2c3c(oc4ccc(Br)cc4c3=O)C(=O)N2c2ncccn2)cc1. The van der Waals surface area contributed by atoms with Crippen LogP contribution in [0.4, 0.5) is 5.95 Å². The van der Waals surface area contributed by atoms with Gasteiger partial charge >= 0.3 is 0 Å². The first-order valence-electron chi connectivity index (χ1n) is 9.79. The molecule has 158 valence electrons. The second kappa shape index (κ2) is 8.05. The quantitative estimate of drug-likeness (QED) is 0.379. The van der Waals surface area contributed by atoms with E-state index in [0.29, 0.717) is 28.9 Å². The lowest BCUT2D eigenvalue weighted by Crippen LogP contribution is -2.31. The Morgan fingerprint density at radius 2 is 1.88 bits per heavy atom. The van der Waals surface area contributed by atoms with E-state index in [4.69, 9.17) is 9.15 Å². The highest BCUT2D eigenvalue weighted by Crippen LogP contribution is 2.40. The number of hydrogen-bond acceptors (Lipinski definition) is 6. The van der Waals surface area contributed by atoms with Crippen molar-refractivity contribution < 1.29 is 13.9 Å². The number of carbonyl (C=O) groups is 1. The van der Waals surface area contributed by atoms with Crippen LogP contribution in [-0.2, 0) is 0 Å². The van der Waals surface area contributed by atoms with E-state index < -0.39 is 11.9 Å². The monoisotopic (exact) mass is 489 g/mol. The lowest BCUT2D eigenvalue weighted by atomic mass is 9.98. The summed E-state index contributed by atoms with van der Waals surface area (Å²) in [7, 11) is 0. The maximum absolute atomic E-state index is 13.6. The van der Waals surface area contributed by atoms with Gasteiger partial charge in [-0.1, -0.05) is 40.7 Å². The van der Waals surface area contributed by atoms with Crippen molar-refractivity contribution in [3.63, 3.8) is 0 Å². The van der Waals surface area contributed by atoms with E-state index in [1.54, 1.807) is 54.9 Å². The summed E-state index contributed by atoms with van der Waals surface area (Å²) in [5.74, 6) is 0.361.